The fourth-order valence-corrected chi connectivity index (χ4v) is 5.91. The Bertz CT molecular complexity index is 1030. The number of nitrogens with zero attached hydrogens (tertiary/aromatic N) is 4. The van der Waals surface area contributed by atoms with E-state index >= 15 is 0 Å². The summed E-state index contributed by atoms with van der Waals surface area (Å²) in [6.45, 7) is 3.47. The summed E-state index contributed by atoms with van der Waals surface area (Å²) >= 11 is 0. The quantitative estimate of drug-likeness (QED) is 0.686. The number of methoxy groups -OCH3 is 1. The highest BCUT2D eigenvalue weighted by Gasteiger charge is 2.53. The summed E-state index contributed by atoms with van der Waals surface area (Å²) < 4.78 is 5.38. The molecule has 4 saturated heterocycles. The van der Waals surface area contributed by atoms with Crippen molar-refractivity contribution in [1.82, 2.24) is 14.9 Å². The molecule has 1 aromatic heterocycles. The Kier molecular flexibility index (Phi) is 3.98. The molecule has 0 N–H and O–H groups in total. The summed E-state index contributed by atoms with van der Waals surface area (Å²) in [5.74, 6) is 3.19. The van der Waals surface area contributed by atoms with E-state index in [1.807, 2.05) is 24.4 Å². The molecule has 0 unspecified atom stereocenters. The first-order chi connectivity index (χ1) is 14.3. The lowest BCUT2D eigenvalue weighted by Crippen LogP contribution is -2.60. The Morgan fingerprint density at radius 3 is 2.45 bits per heavy atom. The number of hydrogen-bond donors (Lipinski definition) is 0. The second-order valence-electron chi connectivity index (χ2n) is 8.60. The van der Waals surface area contributed by atoms with Crippen LogP contribution in [0.1, 0.15) is 24.3 Å². The van der Waals surface area contributed by atoms with Gasteiger partial charge in [0.1, 0.15) is 11.6 Å². The van der Waals surface area contributed by atoms with E-state index in [2.05, 4.69) is 40.1 Å². The molecule has 7 rings (SSSR count). The van der Waals surface area contributed by atoms with E-state index < -0.39 is 0 Å². The van der Waals surface area contributed by atoms with Crippen LogP contribution < -0.4 is 9.64 Å². The second-order valence-corrected chi connectivity index (χ2v) is 8.60. The standard InChI is InChI=1S/C24H26N4O/c1-29-18-8-6-16(7-9-18)19-15-28(23-17-10-12-27(13-11-17)24(19)23)22-14-25-20-4-2-3-5-21(20)26-22/h2-9,14,17,19,23-24H,10-13,15H2,1H3/t19-,23+,24+/m0/s1. The Balaban J connectivity index is 1.41. The Hall–Kier alpha value is -2.66. The van der Waals surface area contributed by atoms with E-state index in [9.17, 15) is 0 Å². The number of anilines is 1. The first-order valence-electron chi connectivity index (χ1n) is 10.7. The maximum absolute atomic E-state index is 5.38. The van der Waals surface area contributed by atoms with Crippen molar-refractivity contribution in [3.8, 4) is 5.75 Å². The average Bonchev–Trinajstić information content (AvgIpc) is 3.22. The number of hydrogen-bond acceptors (Lipinski definition) is 5. The van der Waals surface area contributed by atoms with Crippen LogP contribution in [0.4, 0.5) is 5.82 Å². The molecule has 4 fully saturated rings. The molecule has 0 radical (unpaired) electrons. The van der Waals surface area contributed by atoms with Gasteiger partial charge in [-0.2, -0.15) is 0 Å². The molecule has 5 nitrogen and oxygen atoms in total. The van der Waals surface area contributed by atoms with Crippen LogP contribution in [-0.2, 0) is 0 Å². The molecule has 3 atom stereocenters. The summed E-state index contributed by atoms with van der Waals surface area (Å²) in [6.07, 6.45) is 4.58. The van der Waals surface area contributed by atoms with Crippen LogP contribution >= 0.6 is 0 Å². The van der Waals surface area contributed by atoms with Gasteiger partial charge < -0.3 is 9.64 Å². The molecule has 3 aromatic rings. The van der Waals surface area contributed by atoms with Gasteiger partial charge in [0.05, 0.1) is 24.3 Å². The number of ether oxygens (including phenoxy) is 1. The van der Waals surface area contributed by atoms with Crippen LogP contribution in [0, 0.1) is 5.92 Å². The Labute approximate surface area is 171 Å². The van der Waals surface area contributed by atoms with Gasteiger partial charge in [0, 0.05) is 24.5 Å². The topological polar surface area (TPSA) is 41.5 Å². The minimum Gasteiger partial charge on any atom is -0.497 e. The molecule has 148 valence electrons. The zero-order valence-electron chi connectivity index (χ0n) is 16.7. The Morgan fingerprint density at radius 2 is 1.69 bits per heavy atom. The van der Waals surface area contributed by atoms with Gasteiger partial charge in [-0.3, -0.25) is 9.88 Å². The smallest absolute Gasteiger partial charge is 0.148 e. The van der Waals surface area contributed by atoms with E-state index in [1.54, 1.807) is 7.11 Å². The molecule has 0 amide bonds. The van der Waals surface area contributed by atoms with Crippen molar-refractivity contribution in [2.75, 3.05) is 31.6 Å². The minimum atomic E-state index is 0.488. The predicted octanol–water partition coefficient (Wildman–Crippen LogP) is 3.71. The molecule has 5 heteroatoms. The molecule has 4 aliphatic heterocycles. The lowest BCUT2D eigenvalue weighted by molar-refractivity contribution is 0.0354. The van der Waals surface area contributed by atoms with E-state index in [-0.39, 0.29) is 0 Å². The molecule has 0 aliphatic carbocycles. The van der Waals surface area contributed by atoms with Gasteiger partial charge in [-0.05, 0) is 61.7 Å². The second kappa shape index (κ2) is 6.70. The van der Waals surface area contributed by atoms with Crippen LogP contribution in [0.25, 0.3) is 11.0 Å². The molecule has 5 heterocycles. The van der Waals surface area contributed by atoms with Crippen molar-refractivity contribution in [3.63, 3.8) is 0 Å². The zero-order valence-corrected chi connectivity index (χ0v) is 16.7. The molecule has 2 aromatic carbocycles. The highest BCUT2D eigenvalue weighted by atomic mass is 16.5. The largest absolute Gasteiger partial charge is 0.497 e. The third kappa shape index (κ3) is 2.71. The number of fused-ring (bicyclic) bond motifs is 3. The first kappa shape index (κ1) is 17.2. The molecule has 0 saturated carbocycles. The maximum atomic E-state index is 5.38. The lowest BCUT2D eigenvalue weighted by atomic mass is 9.75. The monoisotopic (exact) mass is 386 g/mol. The number of rotatable bonds is 3. The fourth-order valence-electron chi connectivity index (χ4n) is 5.91. The highest BCUT2D eigenvalue weighted by Crippen LogP contribution is 2.47. The van der Waals surface area contributed by atoms with Crippen LogP contribution in [0.5, 0.6) is 5.75 Å². The van der Waals surface area contributed by atoms with Gasteiger partial charge in [0.25, 0.3) is 0 Å². The Morgan fingerprint density at radius 1 is 0.931 bits per heavy atom. The summed E-state index contributed by atoms with van der Waals surface area (Å²) in [6, 6.07) is 17.9. The minimum absolute atomic E-state index is 0.488. The van der Waals surface area contributed by atoms with Gasteiger partial charge in [0.2, 0.25) is 0 Å². The molecule has 2 bridgehead atoms. The van der Waals surface area contributed by atoms with Crippen molar-refractivity contribution in [2.45, 2.75) is 30.8 Å². The van der Waals surface area contributed by atoms with Crippen LogP contribution in [0.2, 0.25) is 0 Å². The van der Waals surface area contributed by atoms with E-state index in [0.717, 1.165) is 35.1 Å². The average molecular weight is 386 g/mol. The third-order valence-electron chi connectivity index (χ3n) is 7.27. The van der Waals surface area contributed by atoms with Gasteiger partial charge in [-0.25, -0.2) is 4.98 Å². The van der Waals surface area contributed by atoms with Crippen molar-refractivity contribution in [2.24, 2.45) is 5.92 Å². The van der Waals surface area contributed by atoms with Crippen LogP contribution in [0.3, 0.4) is 0 Å². The van der Waals surface area contributed by atoms with Crippen LogP contribution in [-0.4, -0.2) is 53.7 Å². The maximum Gasteiger partial charge on any atom is 0.148 e. The molecule has 4 aliphatic rings. The van der Waals surface area contributed by atoms with Crippen molar-refractivity contribution < 1.29 is 4.74 Å². The summed E-state index contributed by atoms with van der Waals surface area (Å²) in [7, 11) is 1.73. The molecular weight excluding hydrogens is 360 g/mol. The van der Waals surface area contributed by atoms with Crippen LogP contribution in [0.15, 0.2) is 54.7 Å². The number of aromatic nitrogens is 2. The predicted molar refractivity (Wildman–Crippen MR) is 114 cm³/mol. The zero-order chi connectivity index (χ0) is 19.4. The number of para-hydroxylation sites is 2. The number of piperidine rings is 3. The van der Waals surface area contributed by atoms with Crippen molar-refractivity contribution >= 4 is 16.9 Å². The van der Waals surface area contributed by atoms with E-state index in [0.29, 0.717) is 18.0 Å². The fraction of sp³-hybridized carbons (Fsp3) is 0.417. The summed E-state index contributed by atoms with van der Waals surface area (Å²) in [4.78, 5) is 15.0. The van der Waals surface area contributed by atoms with Gasteiger partial charge in [-0.1, -0.05) is 24.3 Å². The van der Waals surface area contributed by atoms with Gasteiger partial charge in [0.15, 0.2) is 0 Å². The van der Waals surface area contributed by atoms with Crippen molar-refractivity contribution in [3.05, 3.63) is 60.3 Å². The molecule has 29 heavy (non-hydrogen) atoms. The first-order valence-corrected chi connectivity index (χ1v) is 10.7. The van der Waals surface area contributed by atoms with Gasteiger partial charge >= 0.3 is 0 Å². The molecular formula is C24H26N4O. The highest BCUT2D eigenvalue weighted by molar-refractivity contribution is 5.75. The third-order valence-corrected chi connectivity index (χ3v) is 7.27. The lowest BCUT2D eigenvalue weighted by Gasteiger charge is -2.51. The summed E-state index contributed by atoms with van der Waals surface area (Å²) in [5, 5.41) is 0. The SMILES string of the molecule is COc1ccc([C@@H]2CN(c3cnc4ccccc4n3)[C@@H]3C4CCN(CC4)[C@@H]32)cc1. The summed E-state index contributed by atoms with van der Waals surface area (Å²) in [5.41, 5.74) is 3.35. The normalized spacial score (nSPS) is 30.5. The van der Waals surface area contributed by atoms with Gasteiger partial charge in [-0.15, -0.1) is 0 Å². The van der Waals surface area contributed by atoms with E-state index in [1.165, 1.54) is 31.5 Å². The van der Waals surface area contributed by atoms with E-state index in [4.69, 9.17) is 14.7 Å². The molecule has 0 spiro atoms. The number of benzene rings is 2. The van der Waals surface area contributed by atoms with Crippen molar-refractivity contribution in [1.29, 1.82) is 0 Å².